The van der Waals surface area contributed by atoms with Gasteiger partial charge in [-0.25, -0.2) is 9.37 Å². The van der Waals surface area contributed by atoms with Crippen LogP contribution in [0.5, 0.6) is 0 Å². The van der Waals surface area contributed by atoms with Gasteiger partial charge in [0.15, 0.2) is 0 Å². The second kappa shape index (κ2) is 9.51. The first-order chi connectivity index (χ1) is 12.8. The van der Waals surface area contributed by atoms with Gasteiger partial charge < -0.3 is 15.1 Å². The molecule has 0 radical (unpaired) electrons. The Hall–Kier alpha value is -2.40. The van der Waals surface area contributed by atoms with Gasteiger partial charge in [0.2, 0.25) is 0 Å². The van der Waals surface area contributed by atoms with E-state index in [9.17, 15) is 4.39 Å². The highest BCUT2D eigenvalue weighted by Gasteiger charge is 2.19. The Labute approximate surface area is 162 Å². The molecule has 1 atom stereocenters. The Morgan fingerprint density at radius 1 is 1.22 bits per heavy atom. The van der Waals surface area contributed by atoms with Crippen LogP contribution >= 0.6 is 0 Å². The Kier molecular flexibility index (Phi) is 7.36. The summed E-state index contributed by atoms with van der Waals surface area (Å²) in [6.45, 7) is 10.2. The van der Waals surface area contributed by atoms with Crippen LogP contribution in [0.2, 0.25) is 0 Å². The molecule has 2 aromatic rings. The predicted octanol–water partition coefficient (Wildman–Crippen LogP) is 4.86. The van der Waals surface area contributed by atoms with Gasteiger partial charge in [0, 0.05) is 31.4 Å². The third-order valence-corrected chi connectivity index (χ3v) is 4.63. The molecule has 0 aliphatic carbocycles. The molecule has 0 aliphatic rings. The highest BCUT2D eigenvalue weighted by Crippen LogP contribution is 2.33. The summed E-state index contributed by atoms with van der Waals surface area (Å²) in [4.78, 5) is 8.99. The molecule has 0 bridgehead atoms. The maximum Gasteiger partial charge on any atom is 0.126 e. The van der Waals surface area contributed by atoms with E-state index in [0.717, 1.165) is 48.0 Å². The number of benzene rings is 1. The fourth-order valence-corrected chi connectivity index (χ4v) is 3.22. The fraction of sp³-hybridized carbons (Fsp3) is 0.409. The Bertz CT molecular complexity index is 773. The molecule has 0 aliphatic heterocycles. The third kappa shape index (κ3) is 5.54. The molecule has 1 heterocycles. The monoisotopic (exact) mass is 370 g/mol. The first-order valence-electron chi connectivity index (χ1n) is 9.38. The van der Waals surface area contributed by atoms with E-state index in [1.54, 1.807) is 6.07 Å². The number of allylic oxidation sites excluding steroid dienone is 1. The molecule has 0 saturated heterocycles. The van der Waals surface area contributed by atoms with Crippen LogP contribution in [-0.4, -0.2) is 44.1 Å². The summed E-state index contributed by atoms with van der Waals surface area (Å²) in [5, 5.41) is 3.04. The SMILES string of the molecule is C=C(C)N(CC(CC)CN(C)C)c1ccc(F)cc1-c1cccc(NC)n1. The first-order valence-corrected chi connectivity index (χ1v) is 9.38. The van der Waals surface area contributed by atoms with Crippen LogP contribution in [0, 0.1) is 11.7 Å². The zero-order chi connectivity index (χ0) is 20.0. The molecule has 0 spiro atoms. The van der Waals surface area contributed by atoms with Gasteiger partial charge in [-0.15, -0.1) is 0 Å². The van der Waals surface area contributed by atoms with Crippen molar-refractivity contribution in [3.05, 3.63) is 54.5 Å². The minimum atomic E-state index is -0.271. The van der Waals surface area contributed by atoms with Crippen LogP contribution in [0.3, 0.4) is 0 Å². The van der Waals surface area contributed by atoms with E-state index in [-0.39, 0.29) is 5.82 Å². The van der Waals surface area contributed by atoms with E-state index in [4.69, 9.17) is 0 Å². The van der Waals surface area contributed by atoms with E-state index < -0.39 is 0 Å². The van der Waals surface area contributed by atoms with Crippen molar-refractivity contribution < 1.29 is 4.39 Å². The van der Waals surface area contributed by atoms with E-state index in [1.807, 2.05) is 38.2 Å². The summed E-state index contributed by atoms with van der Waals surface area (Å²) in [7, 11) is 6.00. The second-order valence-electron chi connectivity index (χ2n) is 7.20. The summed E-state index contributed by atoms with van der Waals surface area (Å²) in [6.07, 6.45) is 1.06. The van der Waals surface area contributed by atoms with Crippen LogP contribution in [0.15, 0.2) is 48.7 Å². The molecular formula is C22H31FN4. The van der Waals surface area contributed by atoms with Crippen LogP contribution in [0.25, 0.3) is 11.3 Å². The van der Waals surface area contributed by atoms with Crippen molar-refractivity contribution in [2.75, 3.05) is 44.4 Å². The molecule has 2 rings (SSSR count). The topological polar surface area (TPSA) is 31.4 Å². The van der Waals surface area contributed by atoms with E-state index in [2.05, 4.69) is 47.7 Å². The normalized spacial score (nSPS) is 12.1. The van der Waals surface area contributed by atoms with Crippen LogP contribution in [-0.2, 0) is 0 Å². The van der Waals surface area contributed by atoms with Gasteiger partial charge in [-0.05, 0) is 57.3 Å². The molecule has 1 aromatic carbocycles. The maximum absolute atomic E-state index is 14.1. The number of rotatable bonds is 9. The second-order valence-corrected chi connectivity index (χ2v) is 7.20. The average Bonchev–Trinajstić information content (AvgIpc) is 2.64. The minimum Gasteiger partial charge on any atom is -0.373 e. The number of hydrogen-bond acceptors (Lipinski definition) is 4. The zero-order valence-corrected chi connectivity index (χ0v) is 17.1. The number of pyridine rings is 1. The number of halogens is 1. The lowest BCUT2D eigenvalue weighted by atomic mass is 10.0. The summed E-state index contributed by atoms with van der Waals surface area (Å²) < 4.78 is 14.1. The minimum absolute atomic E-state index is 0.271. The molecule has 146 valence electrons. The quantitative estimate of drug-likeness (QED) is 0.683. The number of nitrogens with one attached hydrogen (secondary N) is 1. The molecule has 0 fully saturated rings. The lowest BCUT2D eigenvalue weighted by Gasteiger charge is -2.32. The average molecular weight is 371 g/mol. The number of anilines is 2. The van der Waals surface area contributed by atoms with E-state index >= 15 is 0 Å². The summed E-state index contributed by atoms with van der Waals surface area (Å²) in [6, 6.07) is 10.6. The van der Waals surface area contributed by atoms with Gasteiger partial charge in [-0.1, -0.05) is 26.0 Å². The highest BCUT2D eigenvalue weighted by atomic mass is 19.1. The number of nitrogens with zero attached hydrogens (tertiary/aromatic N) is 3. The van der Waals surface area contributed by atoms with Gasteiger partial charge in [0.05, 0.1) is 11.4 Å². The Balaban J connectivity index is 2.48. The fourth-order valence-electron chi connectivity index (χ4n) is 3.22. The largest absolute Gasteiger partial charge is 0.373 e. The van der Waals surface area contributed by atoms with Crippen molar-refractivity contribution in [1.29, 1.82) is 0 Å². The highest BCUT2D eigenvalue weighted by molar-refractivity contribution is 5.78. The summed E-state index contributed by atoms with van der Waals surface area (Å²) in [5.74, 6) is 0.960. The molecule has 4 nitrogen and oxygen atoms in total. The first kappa shape index (κ1) is 20.9. The van der Waals surface area contributed by atoms with Crippen LogP contribution in [0.4, 0.5) is 15.9 Å². The van der Waals surface area contributed by atoms with Crippen molar-refractivity contribution >= 4 is 11.5 Å². The van der Waals surface area contributed by atoms with Crippen molar-refractivity contribution in [2.45, 2.75) is 20.3 Å². The molecular weight excluding hydrogens is 339 g/mol. The van der Waals surface area contributed by atoms with Gasteiger partial charge in [0.1, 0.15) is 11.6 Å². The molecule has 1 aromatic heterocycles. The van der Waals surface area contributed by atoms with Gasteiger partial charge in [0.25, 0.3) is 0 Å². The maximum atomic E-state index is 14.1. The van der Waals surface area contributed by atoms with Crippen molar-refractivity contribution in [1.82, 2.24) is 9.88 Å². The van der Waals surface area contributed by atoms with Crippen LogP contribution < -0.4 is 10.2 Å². The van der Waals surface area contributed by atoms with Gasteiger partial charge in [-0.3, -0.25) is 0 Å². The molecule has 0 amide bonds. The molecule has 27 heavy (non-hydrogen) atoms. The Morgan fingerprint density at radius 2 is 1.96 bits per heavy atom. The summed E-state index contributed by atoms with van der Waals surface area (Å²) in [5.41, 5.74) is 3.38. The molecule has 1 unspecified atom stereocenters. The Morgan fingerprint density at radius 3 is 2.56 bits per heavy atom. The van der Waals surface area contributed by atoms with Gasteiger partial charge in [-0.2, -0.15) is 0 Å². The smallest absolute Gasteiger partial charge is 0.126 e. The third-order valence-electron chi connectivity index (χ3n) is 4.63. The number of hydrogen-bond donors (Lipinski definition) is 1. The lowest BCUT2D eigenvalue weighted by Crippen LogP contribution is -2.33. The molecule has 0 saturated carbocycles. The van der Waals surface area contributed by atoms with Gasteiger partial charge >= 0.3 is 0 Å². The number of aromatic nitrogens is 1. The van der Waals surface area contributed by atoms with Crippen molar-refractivity contribution in [3.8, 4) is 11.3 Å². The zero-order valence-electron chi connectivity index (χ0n) is 17.1. The summed E-state index contributed by atoms with van der Waals surface area (Å²) >= 11 is 0. The van der Waals surface area contributed by atoms with Crippen LogP contribution in [0.1, 0.15) is 20.3 Å². The standard InChI is InChI=1S/C22H31FN4/c1-7-17(14-26(5)6)15-27(16(2)3)21-12-11-18(23)13-19(21)20-9-8-10-22(24-4)25-20/h8-13,17H,2,7,14-15H2,1,3-6H3,(H,24,25). The van der Waals surface area contributed by atoms with E-state index in [1.165, 1.54) is 6.07 Å². The van der Waals surface area contributed by atoms with Crippen molar-refractivity contribution in [3.63, 3.8) is 0 Å². The predicted molar refractivity (Wildman–Crippen MR) is 114 cm³/mol. The van der Waals surface area contributed by atoms with Crippen molar-refractivity contribution in [2.24, 2.45) is 5.92 Å². The molecule has 1 N–H and O–H groups in total. The van der Waals surface area contributed by atoms with E-state index in [0.29, 0.717) is 5.92 Å². The lowest BCUT2D eigenvalue weighted by molar-refractivity contribution is 0.321. The molecule has 5 heteroatoms.